The summed E-state index contributed by atoms with van der Waals surface area (Å²) in [5.41, 5.74) is 13.4. The van der Waals surface area contributed by atoms with Crippen molar-refractivity contribution in [2.24, 2.45) is 0 Å². The van der Waals surface area contributed by atoms with Gasteiger partial charge in [0.1, 0.15) is 0 Å². The van der Waals surface area contributed by atoms with Crippen LogP contribution in [-0.4, -0.2) is 27.8 Å². The molecule has 0 spiro atoms. The van der Waals surface area contributed by atoms with Gasteiger partial charge in [0.25, 0.3) is 0 Å². The number of hydrogen-bond donors (Lipinski definition) is 2. The Morgan fingerprint density at radius 3 is 2.05 bits per heavy atom. The van der Waals surface area contributed by atoms with Crippen LogP contribution in [0.2, 0.25) is 0 Å². The number of nitrogen functional groups attached to an aromatic ring is 2. The van der Waals surface area contributed by atoms with Crippen LogP contribution < -0.4 is 16.4 Å². The number of rotatable bonds is 6. The fourth-order valence-electron chi connectivity index (χ4n) is 2.16. The standard InChI is InChI=1S/C13H23N3O2S/c1-4-8-16(9-5-2)13-10(14)6-7-11(12(13)15)19(3,17)18/h6-7H,4-5,8-9,14-15H2,1-3H3. The van der Waals surface area contributed by atoms with E-state index in [1.807, 2.05) is 0 Å². The van der Waals surface area contributed by atoms with Crippen LogP contribution in [-0.2, 0) is 9.84 Å². The second kappa shape index (κ2) is 6.14. The van der Waals surface area contributed by atoms with Crippen molar-refractivity contribution in [1.29, 1.82) is 0 Å². The van der Waals surface area contributed by atoms with E-state index in [2.05, 4.69) is 18.7 Å². The Bertz CT molecular complexity index is 535. The van der Waals surface area contributed by atoms with Gasteiger partial charge in [-0.2, -0.15) is 0 Å². The Hall–Kier alpha value is -1.43. The Morgan fingerprint density at radius 1 is 1.11 bits per heavy atom. The zero-order chi connectivity index (χ0) is 14.6. The summed E-state index contributed by atoms with van der Waals surface area (Å²) in [5.74, 6) is 0. The van der Waals surface area contributed by atoms with Crippen LogP contribution in [0.4, 0.5) is 17.1 Å². The Morgan fingerprint density at radius 2 is 1.63 bits per heavy atom. The van der Waals surface area contributed by atoms with Gasteiger partial charge in [0.2, 0.25) is 0 Å². The molecule has 0 radical (unpaired) electrons. The van der Waals surface area contributed by atoms with Crippen LogP contribution in [0, 0.1) is 0 Å². The van der Waals surface area contributed by atoms with Crippen LogP contribution in [0.3, 0.4) is 0 Å². The summed E-state index contributed by atoms with van der Waals surface area (Å²) in [6, 6.07) is 3.08. The van der Waals surface area contributed by atoms with Gasteiger partial charge >= 0.3 is 0 Å². The van der Waals surface area contributed by atoms with Crippen molar-refractivity contribution in [1.82, 2.24) is 0 Å². The van der Waals surface area contributed by atoms with E-state index in [4.69, 9.17) is 11.5 Å². The largest absolute Gasteiger partial charge is 0.397 e. The van der Waals surface area contributed by atoms with E-state index in [1.165, 1.54) is 6.07 Å². The third kappa shape index (κ3) is 3.53. The number of benzene rings is 1. The van der Waals surface area contributed by atoms with Crippen molar-refractivity contribution in [3.63, 3.8) is 0 Å². The van der Waals surface area contributed by atoms with E-state index < -0.39 is 9.84 Å². The van der Waals surface area contributed by atoms with E-state index in [0.717, 1.165) is 32.2 Å². The molecule has 4 N–H and O–H groups in total. The molecule has 0 aliphatic rings. The predicted octanol–water partition coefficient (Wildman–Crippen LogP) is 1.88. The van der Waals surface area contributed by atoms with E-state index >= 15 is 0 Å². The minimum absolute atomic E-state index is 0.147. The minimum Gasteiger partial charge on any atom is -0.397 e. The highest BCUT2D eigenvalue weighted by molar-refractivity contribution is 7.90. The van der Waals surface area contributed by atoms with Crippen LogP contribution in [0.1, 0.15) is 26.7 Å². The zero-order valence-electron chi connectivity index (χ0n) is 11.8. The molecule has 0 saturated heterocycles. The van der Waals surface area contributed by atoms with Crippen LogP contribution >= 0.6 is 0 Å². The van der Waals surface area contributed by atoms with E-state index in [-0.39, 0.29) is 10.6 Å². The molecule has 1 aromatic carbocycles. The Balaban J connectivity index is 3.40. The van der Waals surface area contributed by atoms with Crippen LogP contribution in [0.5, 0.6) is 0 Å². The number of hydrogen-bond acceptors (Lipinski definition) is 5. The Labute approximate surface area is 115 Å². The SMILES string of the molecule is CCCN(CCC)c1c(N)ccc(S(C)(=O)=O)c1N. The van der Waals surface area contributed by atoms with Crippen molar-refractivity contribution >= 4 is 26.9 Å². The molecule has 5 nitrogen and oxygen atoms in total. The van der Waals surface area contributed by atoms with E-state index in [1.54, 1.807) is 6.07 Å². The first-order valence-corrected chi connectivity index (χ1v) is 8.35. The summed E-state index contributed by atoms with van der Waals surface area (Å²) in [7, 11) is -3.34. The van der Waals surface area contributed by atoms with Gasteiger partial charge in [-0.15, -0.1) is 0 Å². The smallest absolute Gasteiger partial charge is 0.177 e. The molecule has 0 fully saturated rings. The first-order valence-electron chi connectivity index (χ1n) is 6.45. The zero-order valence-corrected chi connectivity index (χ0v) is 12.6. The van der Waals surface area contributed by atoms with Gasteiger partial charge in [0.05, 0.1) is 22.0 Å². The maximum absolute atomic E-state index is 11.7. The van der Waals surface area contributed by atoms with Crippen molar-refractivity contribution in [2.45, 2.75) is 31.6 Å². The molecule has 1 rings (SSSR count). The fraction of sp³-hybridized carbons (Fsp3) is 0.538. The van der Waals surface area contributed by atoms with E-state index in [9.17, 15) is 8.42 Å². The maximum Gasteiger partial charge on any atom is 0.177 e. The number of nitrogens with zero attached hydrogens (tertiary/aromatic N) is 1. The van der Waals surface area contributed by atoms with Gasteiger partial charge in [0.15, 0.2) is 9.84 Å². The second-order valence-electron chi connectivity index (χ2n) is 4.67. The van der Waals surface area contributed by atoms with Crippen LogP contribution in [0.15, 0.2) is 17.0 Å². The predicted molar refractivity (Wildman–Crippen MR) is 81.2 cm³/mol. The number of anilines is 3. The number of sulfone groups is 1. The molecule has 6 heteroatoms. The lowest BCUT2D eigenvalue weighted by Crippen LogP contribution is -2.27. The highest BCUT2D eigenvalue weighted by Crippen LogP contribution is 2.35. The summed E-state index contributed by atoms with van der Waals surface area (Å²) in [4.78, 5) is 2.20. The van der Waals surface area contributed by atoms with Gasteiger partial charge < -0.3 is 16.4 Å². The van der Waals surface area contributed by atoms with Crippen molar-refractivity contribution in [3.8, 4) is 0 Å². The normalized spacial score (nSPS) is 11.5. The molecule has 0 saturated carbocycles. The highest BCUT2D eigenvalue weighted by atomic mass is 32.2. The second-order valence-corrected chi connectivity index (χ2v) is 6.66. The molecule has 108 valence electrons. The fourth-order valence-corrected chi connectivity index (χ4v) is 2.97. The first-order chi connectivity index (χ1) is 8.82. The molecule has 0 heterocycles. The summed E-state index contributed by atoms with van der Waals surface area (Å²) in [5, 5.41) is 0. The maximum atomic E-state index is 11.7. The number of nitrogens with two attached hydrogens (primary N) is 2. The van der Waals surface area contributed by atoms with Crippen LogP contribution in [0.25, 0.3) is 0 Å². The molecule has 0 aliphatic heterocycles. The third-order valence-electron chi connectivity index (χ3n) is 2.91. The van der Waals surface area contributed by atoms with Crippen molar-refractivity contribution < 1.29 is 8.42 Å². The molecule has 0 aromatic heterocycles. The topological polar surface area (TPSA) is 89.4 Å². The molecule has 0 atom stereocenters. The lowest BCUT2D eigenvalue weighted by Gasteiger charge is -2.27. The molecule has 0 amide bonds. The van der Waals surface area contributed by atoms with Crippen molar-refractivity contribution in [3.05, 3.63) is 12.1 Å². The summed E-state index contributed by atoms with van der Waals surface area (Å²) >= 11 is 0. The van der Waals surface area contributed by atoms with Crippen molar-refractivity contribution in [2.75, 3.05) is 35.7 Å². The molecule has 0 unspecified atom stereocenters. The third-order valence-corrected chi connectivity index (χ3v) is 4.07. The molecule has 1 aromatic rings. The van der Waals surface area contributed by atoms with E-state index in [0.29, 0.717) is 11.4 Å². The molecular formula is C13H23N3O2S. The molecule has 0 bridgehead atoms. The van der Waals surface area contributed by atoms with Gasteiger partial charge in [-0.1, -0.05) is 13.8 Å². The quantitative estimate of drug-likeness (QED) is 0.779. The minimum atomic E-state index is -3.34. The van der Waals surface area contributed by atoms with Gasteiger partial charge in [-0.05, 0) is 25.0 Å². The summed E-state index contributed by atoms with van der Waals surface area (Å²) < 4.78 is 23.4. The first kappa shape index (κ1) is 15.6. The average molecular weight is 285 g/mol. The summed E-state index contributed by atoms with van der Waals surface area (Å²) in [6.45, 7) is 5.73. The molecular weight excluding hydrogens is 262 g/mol. The Kier molecular flexibility index (Phi) is 5.05. The average Bonchev–Trinajstić information content (AvgIpc) is 2.27. The lowest BCUT2D eigenvalue weighted by atomic mass is 10.2. The molecule has 0 aliphatic carbocycles. The van der Waals surface area contributed by atoms with Gasteiger partial charge in [0, 0.05) is 19.3 Å². The monoisotopic (exact) mass is 285 g/mol. The highest BCUT2D eigenvalue weighted by Gasteiger charge is 2.20. The summed E-state index contributed by atoms with van der Waals surface area (Å²) in [6.07, 6.45) is 3.05. The van der Waals surface area contributed by atoms with Gasteiger partial charge in [-0.25, -0.2) is 8.42 Å². The lowest BCUT2D eigenvalue weighted by molar-refractivity contribution is 0.602. The van der Waals surface area contributed by atoms with Gasteiger partial charge in [-0.3, -0.25) is 0 Å². The molecule has 19 heavy (non-hydrogen) atoms.